The van der Waals surface area contributed by atoms with Crippen LogP contribution in [0.4, 0.5) is 5.82 Å². The van der Waals surface area contributed by atoms with Gasteiger partial charge in [-0.15, -0.1) is 0 Å². The lowest BCUT2D eigenvalue weighted by molar-refractivity contribution is 0.168. The summed E-state index contributed by atoms with van der Waals surface area (Å²) in [5.74, 6) is 0.859. The molecular weight excluding hydrogens is 354 g/mol. The molecule has 7 nitrogen and oxygen atoms in total. The summed E-state index contributed by atoms with van der Waals surface area (Å²) in [6.07, 6.45) is 11.6. The molecule has 0 amide bonds. The van der Waals surface area contributed by atoms with Gasteiger partial charge in [-0.1, -0.05) is 12.8 Å². The van der Waals surface area contributed by atoms with Crippen LogP contribution in [-0.2, 0) is 0 Å². The van der Waals surface area contributed by atoms with Crippen molar-refractivity contribution in [2.24, 2.45) is 0 Å². The van der Waals surface area contributed by atoms with Crippen LogP contribution in [0.25, 0.3) is 22.7 Å². The predicted octanol–water partition coefficient (Wildman–Crippen LogP) is 4.73. The molecule has 0 atom stereocenters. The maximum Gasteiger partial charge on any atom is 0.317 e. The average molecular weight is 379 g/mol. The third-order valence-electron chi connectivity index (χ3n) is 4.98. The van der Waals surface area contributed by atoms with Crippen molar-refractivity contribution in [2.45, 2.75) is 44.6 Å². The second-order valence-corrected chi connectivity index (χ2v) is 6.94. The fourth-order valence-electron chi connectivity index (χ4n) is 3.51. The Morgan fingerprint density at radius 3 is 2.71 bits per heavy atom. The maximum atomic E-state index is 7.60. The number of nitrogens with zero attached hydrogens (tertiary/aromatic N) is 3. The number of hydrogen-bond acceptors (Lipinski definition) is 7. The lowest BCUT2D eigenvalue weighted by atomic mass is 10.1. The van der Waals surface area contributed by atoms with Gasteiger partial charge < -0.3 is 20.3 Å². The van der Waals surface area contributed by atoms with Crippen molar-refractivity contribution in [2.75, 3.05) is 5.73 Å². The number of nitrogens with two attached hydrogens (primary N) is 1. The van der Waals surface area contributed by atoms with E-state index >= 15 is 0 Å². The number of nitrogen functional groups attached to an aromatic ring is 1. The zero-order valence-electron chi connectivity index (χ0n) is 15.6. The Bertz CT molecular complexity index is 954. The molecular formula is C21H25N5O2. The molecule has 1 aliphatic rings. The normalized spacial score (nSPS) is 15.1. The van der Waals surface area contributed by atoms with Crippen molar-refractivity contribution in [3.05, 3.63) is 42.3 Å². The van der Waals surface area contributed by atoms with Crippen LogP contribution in [0.5, 0.6) is 6.01 Å². The fraction of sp³-hybridized carbons (Fsp3) is 0.333. The summed E-state index contributed by atoms with van der Waals surface area (Å²) in [5.41, 5.74) is 8.46. The first-order chi connectivity index (χ1) is 13.7. The van der Waals surface area contributed by atoms with Gasteiger partial charge in [0.1, 0.15) is 17.6 Å². The summed E-state index contributed by atoms with van der Waals surface area (Å²) in [5, 5.41) is 7.60. The molecule has 0 aliphatic heterocycles. The van der Waals surface area contributed by atoms with Crippen LogP contribution >= 0.6 is 0 Å². The van der Waals surface area contributed by atoms with Crippen molar-refractivity contribution in [3.63, 3.8) is 0 Å². The van der Waals surface area contributed by atoms with Crippen LogP contribution in [0.1, 0.15) is 45.5 Å². The monoisotopic (exact) mass is 379 g/mol. The smallest absolute Gasteiger partial charge is 0.317 e. The van der Waals surface area contributed by atoms with Gasteiger partial charge in [-0.25, -0.2) is 9.97 Å². The Balaban J connectivity index is 0.00000240. The van der Waals surface area contributed by atoms with Crippen molar-refractivity contribution in [1.82, 2.24) is 15.0 Å². The number of ether oxygens (including phenoxy) is 1. The van der Waals surface area contributed by atoms with Crippen LogP contribution in [0.2, 0.25) is 0 Å². The molecule has 28 heavy (non-hydrogen) atoms. The van der Waals surface area contributed by atoms with Gasteiger partial charge in [-0.05, 0) is 49.9 Å². The Labute approximate surface area is 165 Å². The van der Waals surface area contributed by atoms with Crippen molar-refractivity contribution in [3.8, 4) is 28.7 Å². The van der Waals surface area contributed by atoms with E-state index < -0.39 is 0 Å². The Kier molecular flexibility index (Phi) is 5.32. The molecule has 0 bridgehead atoms. The van der Waals surface area contributed by atoms with Gasteiger partial charge in [0.2, 0.25) is 0 Å². The largest absolute Gasteiger partial charge is 0.463 e. The van der Waals surface area contributed by atoms with E-state index in [9.17, 15) is 0 Å². The number of hydrogen-bond donors (Lipinski definition) is 2. The van der Waals surface area contributed by atoms with Gasteiger partial charge in [0.05, 0.1) is 12.0 Å². The summed E-state index contributed by atoms with van der Waals surface area (Å²) in [6, 6.07) is 7.57. The number of nitrogens with one attached hydrogen (secondary N) is 1. The summed E-state index contributed by atoms with van der Waals surface area (Å²) < 4.78 is 11.6. The molecule has 3 aromatic heterocycles. The van der Waals surface area contributed by atoms with Crippen molar-refractivity contribution >= 4 is 12.0 Å². The molecule has 1 saturated carbocycles. The highest BCUT2D eigenvalue weighted by atomic mass is 16.5. The minimum atomic E-state index is 0. The first-order valence-corrected chi connectivity index (χ1v) is 9.59. The van der Waals surface area contributed by atoms with Gasteiger partial charge in [-0.3, -0.25) is 0 Å². The van der Waals surface area contributed by atoms with E-state index in [2.05, 4.69) is 15.0 Å². The highest BCUT2D eigenvalue weighted by Gasteiger charge is 2.18. The van der Waals surface area contributed by atoms with Crippen LogP contribution in [0.15, 0.2) is 41.1 Å². The first kappa shape index (κ1) is 18.2. The van der Waals surface area contributed by atoms with Crippen molar-refractivity contribution < 1.29 is 10.6 Å². The number of anilines is 1. The fourth-order valence-corrected chi connectivity index (χ4v) is 3.51. The van der Waals surface area contributed by atoms with Gasteiger partial charge in [0, 0.05) is 25.0 Å². The molecule has 0 unspecified atom stereocenters. The molecule has 3 aromatic rings. The summed E-state index contributed by atoms with van der Waals surface area (Å²) >= 11 is 0. The molecule has 146 valence electrons. The van der Waals surface area contributed by atoms with E-state index in [1.165, 1.54) is 31.9 Å². The zero-order valence-corrected chi connectivity index (χ0v) is 15.6. The quantitative estimate of drug-likeness (QED) is 0.490. The minimum Gasteiger partial charge on any atom is -0.463 e. The van der Waals surface area contributed by atoms with Gasteiger partial charge in [-0.2, -0.15) is 4.98 Å². The van der Waals surface area contributed by atoms with Crippen LogP contribution in [0.3, 0.4) is 0 Å². The molecule has 0 radical (unpaired) electrons. The predicted molar refractivity (Wildman–Crippen MR) is 109 cm³/mol. The standard InChI is InChI=1S/C21H23N5O2.H2/c22-13-14-12-16(19(26-20(14)23)18-8-5-11-27-18)17-9-10-24-21(25-17)28-15-6-3-1-2-4-7-15;/h5,8-13,15,22H,1-4,6-7H2,(H2,23,26);1H. The third-order valence-corrected chi connectivity index (χ3v) is 4.98. The molecule has 3 N–H and O–H groups in total. The summed E-state index contributed by atoms with van der Waals surface area (Å²) in [4.78, 5) is 13.4. The highest BCUT2D eigenvalue weighted by Crippen LogP contribution is 2.33. The van der Waals surface area contributed by atoms with E-state index in [1.807, 2.05) is 6.07 Å². The second-order valence-electron chi connectivity index (χ2n) is 6.94. The van der Waals surface area contributed by atoms with Gasteiger partial charge >= 0.3 is 6.01 Å². The van der Waals surface area contributed by atoms with Crippen molar-refractivity contribution in [1.29, 1.82) is 5.41 Å². The SMILES string of the molecule is N=Cc1cc(-c2ccnc(OC3CCCCCC3)n2)c(-c2ccco2)nc1N.[HH]. The van der Waals surface area contributed by atoms with Gasteiger partial charge in [0.15, 0.2) is 5.76 Å². The Hall–Kier alpha value is -3.22. The average Bonchev–Trinajstić information content (AvgIpc) is 3.13. The zero-order chi connectivity index (χ0) is 19.3. The molecule has 3 heterocycles. The molecule has 4 rings (SSSR count). The summed E-state index contributed by atoms with van der Waals surface area (Å²) in [7, 11) is 0. The maximum absolute atomic E-state index is 7.60. The van der Waals surface area contributed by atoms with Crippen LogP contribution in [-0.4, -0.2) is 27.3 Å². The number of rotatable bonds is 5. The number of aromatic nitrogens is 3. The summed E-state index contributed by atoms with van der Waals surface area (Å²) in [6.45, 7) is 0. The number of furan rings is 1. The number of pyridine rings is 1. The van der Waals surface area contributed by atoms with Crippen LogP contribution < -0.4 is 10.5 Å². The van der Waals surface area contributed by atoms with E-state index in [0.29, 0.717) is 28.7 Å². The molecule has 7 heteroatoms. The topological polar surface area (TPSA) is 111 Å². The Morgan fingerprint density at radius 1 is 1.18 bits per heavy atom. The Morgan fingerprint density at radius 2 is 2.00 bits per heavy atom. The van der Waals surface area contributed by atoms with E-state index in [0.717, 1.165) is 18.4 Å². The lowest BCUT2D eigenvalue weighted by Crippen LogP contribution is -2.16. The molecule has 0 saturated heterocycles. The molecule has 0 aromatic carbocycles. The van der Waals surface area contributed by atoms with Gasteiger partial charge in [0.25, 0.3) is 0 Å². The molecule has 1 fully saturated rings. The molecule has 1 aliphatic carbocycles. The van der Waals surface area contributed by atoms with E-state index in [-0.39, 0.29) is 13.3 Å². The molecule has 0 spiro atoms. The van der Waals surface area contributed by atoms with E-state index in [1.54, 1.807) is 30.7 Å². The minimum absolute atomic E-state index is 0. The van der Waals surface area contributed by atoms with E-state index in [4.69, 9.17) is 20.3 Å². The lowest BCUT2D eigenvalue weighted by Gasteiger charge is -2.16. The second kappa shape index (κ2) is 8.21. The first-order valence-electron chi connectivity index (χ1n) is 9.59. The third kappa shape index (κ3) is 3.88. The highest BCUT2D eigenvalue weighted by molar-refractivity contribution is 5.89. The van der Waals surface area contributed by atoms with Crippen LogP contribution in [0, 0.1) is 5.41 Å².